The highest BCUT2D eigenvalue weighted by atomic mass is 16.1. The van der Waals surface area contributed by atoms with Crippen LogP contribution in [0.15, 0.2) is 59.4 Å². The average molecular weight is 485 g/mol. The van der Waals surface area contributed by atoms with Gasteiger partial charge in [0.25, 0.3) is 5.56 Å². The third kappa shape index (κ3) is 5.41. The minimum atomic E-state index is -0.00701. The Kier molecular flexibility index (Phi) is 7.56. The van der Waals surface area contributed by atoms with Crippen LogP contribution in [0.1, 0.15) is 74.0 Å². The minimum absolute atomic E-state index is 0.00701. The fraction of sp³-hybridized carbons (Fsp3) is 0.448. The molecule has 7 nitrogen and oxygen atoms in total. The standard InChI is InChI=1S/C29H36N6O/c1-3-27(28-31-32-33-35(28)17-16-22-10-6-4-7-11-22)34(25-12-8-5-9-13-25)20-24-19-23-15-14-21(2)18-26(23)30-29(24)36/h4,6-7,10-11,14-15,18-19,25,27H,3,5,8-9,12-13,16-17,20H2,1-2H3,(H,30,36)/t27-/m0/s1. The molecule has 7 heteroatoms. The first-order valence-electron chi connectivity index (χ1n) is 13.3. The van der Waals surface area contributed by atoms with Crippen molar-refractivity contribution in [2.75, 3.05) is 0 Å². The van der Waals surface area contributed by atoms with Crippen LogP contribution in [0.25, 0.3) is 10.9 Å². The fourth-order valence-corrected chi connectivity index (χ4v) is 5.64. The molecule has 0 amide bonds. The summed E-state index contributed by atoms with van der Waals surface area (Å²) in [6, 6.07) is 19.2. The van der Waals surface area contributed by atoms with E-state index in [0.717, 1.165) is 60.1 Å². The number of aromatic amines is 1. The largest absolute Gasteiger partial charge is 0.322 e. The maximum Gasteiger partial charge on any atom is 0.252 e. The lowest BCUT2D eigenvalue weighted by atomic mass is 9.92. The van der Waals surface area contributed by atoms with Crippen LogP contribution in [0.3, 0.4) is 0 Å². The molecule has 2 aromatic heterocycles. The van der Waals surface area contributed by atoms with Crippen LogP contribution in [-0.2, 0) is 19.5 Å². The van der Waals surface area contributed by atoms with Gasteiger partial charge in [0.05, 0.1) is 6.04 Å². The molecule has 1 aliphatic carbocycles. The molecule has 0 spiro atoms. The molecule has 2 heterocycles. The summed E-state index contributed by atoms with van der Waals surface area (Å²) in [5.41, 5.74) is 4.10. The number of pyridine rings is 1. The van der Waals surface area contributed by atoms with Crippen LogP contribution < -0.4 is 5.56 Å². The number of hydrogen-bond donors (Lipinski definition) is 1. The fourth-order valence-electron chi connectivity index (χ4n) is 5.64. The van der Waals surface area contributed by atoms with Crippen LogP contribution >= 0.6 is 0 Å². The van der Waals surface area contributed by atoms with E-state index in [9.17, 15) is 4.79 Å². The third-order valence-corrected chi connectivity index (χ3v) is 7.57. The number of aromatic nitrogens is 5. The highest BCUT2D eigenvalue weighted by Crippen LogP contribution is 2.33. The summed E-state index contributed by atoms with van der Waals surface area (Å²) in [7, 11) is 0. The van der Waals surface area contributed by atoms with E-state index in [4.69, 9.17) is 0 Å². The van der Waals surface area contributed by atoms with Crippen molar-refractivity contribution in [3.8, 4) is 0 Å². The molecule has 1 fully saturated rings. The number of benzene rings is 2. The number of nitrogens with one attached hydrogen (secondary N) is 1. The zero-order valence-electron chi connectivity index (χ0n) is 21.4. The lowest BCUT2D eigenvalue weighted by Crippen LogP contribution is -2.41. The number of fused-ring (bicyclic) bond motifs is 1. The normalized spacial score (nSPS) is 15.5. The van der Waals surface area contributed by atoms with Crippen molar-refractivity contribution in [2.24, 2.45) is 0 Å². The molecule has 1 atom stereocenters. The summed E-state index contributed by atoms with van der Waals surface area (Å²) >= 11 is 0. The van der Waals surface area contributed by atoms with Gasteiger partial charge in [0.15, 0.2) is 5.82 Å². The summed E-state index contributed by atoms with van der Waals surface area (Å²) in [5, 5.41) is 14.0. The van der Waals surface area contributed by atoms with Crippen molar-refractivity contribution in [3.63, 3.8) is 0 Å². The quantitative estimate of drug-likeness (QED) is 0.346. The Hall–Kier alpha value is -3.32. The van der Waals surface area contributed by atoms with Crippen LogP contribution in [0.4, 0.5) is 0 Å². The smallest absolute Gasteiger partial charge is 0.252 e. The summed E-state index contributed by atoms with van der Waals surface area (Å²) in [5.74, 6) is 0.895. The molecule has 0 bridgehead atoms. The van der Waals surface area contributed by atoms with Gasteiger partial charge in [0.2, 0.25) is 0 Å². The maximum absolute atomic E-state index is 13.2. The van der Waals surface area contributed by atoms with E-state index in [0.29, 0.717) is 12.6 Å². The Bertz CT molecular complexity index is 1340. The second-order valence-corrected chi connectivity index (χ2v) is 10.1. The molecule has 1 N–H and O–H groups in total. The number of H-pyrrole nitrogens is 1. The number of hydrogen-bond acceptors (Lipinski definition) is 5. The van der Waals surface area contributed by atoms with Crippen molar-refractivity contribution in [3.05, 3.63) is 87.5 Å². The number of rotatable bonds is 9. The maximum atomic E-state index is 13.2. The Labute approximate surface area is 212 Å². The molecule has 0 unspecified atom stereocenters. The predicted molar refractivity (Wildman–Crippen MR) is 143 cm³/mol. The van der Waals surface area contributed by atoms with Crippen LogP contribution in [0, 0.1) is 6.92 Å². The van der Waals surface area contributed by atoms with Gasteiger partial charge >= 0.3 is 0 Å². The van der Waals surface area contributed by atoms with Crippen molar-refractivity contribution >= 4 is 10.9 Å². The molecule has 4 aromatic rings. The summed E-state index contributed by atoms with van der Waals surface area (Å²) in [6.45, 7) is 5.57. The summed E-state index contributed by atoms with van der Waals surface area (Å²) in [6.07, 6.45) is 7.79. The Morgan fingerprint density at radius 2 is 1.89 bits per heavy atom. The lowest BCUT2D eigenvalue weighted by molar-refractivity contribution is 0.0841. The number of tetrazole rings is 1. The van der Waals surface area contributed by atoms with Crippen LogP contribution in [0.5, 0.6) is 0 Å². The highest BCUT2D eigenvalue weighted by Gasteiger charge is 2.32. The van der Waals surface area contributed by atoms with E-state index < -0.39 is 0 Å². The molecule has 1 saturated carbocycles. The molecule has 0 aliphatic heterocycles. The van der Waals surface area contributed by atoms with Gasteiger partial charge in [-0.1, -0.05) is 68.7 Å². The molecule has 36 heavy (non-hydrogen) atoms. The van der Waals surface area contributed by atoms with Gasteiger partial charge < -0.3 is 4.98 Å². The molecule has 0 saturated heterocycles. The van der Waals surface area contributed by atoms with Gasteiger partial charge in [-0.25, -0.2) is 4.68 Å². The first kappa shape index (κ1) is 24.4. The minimum Gasteiger partial charge on any atom is -0.322 e. The average Bonchev–Trinajstić information content (AvgIpc) is 3.37. The molecule has 5 rings (SSSR count). The van der Waals surface area contributed by atoms with Gasteiger partial charge in [0, 0.05) is 30.2 Å². The molecule has 188 valence electrons. The number of nitrogens with zero attached hydrogens (tertiary/aromatic N) is 5. The molecule has 2 aromatic carbocycles. The first-order chi connectivity index (χ1) is 17.6. The summed E-state index contributed by atoms with van der Waals surface area (Å²) in [4.78, 5) is 18.8. The second-order valence-electron chi connectivity index (χ2n) is 10.1. The topological polar surface area (TPSA) is 79.7 Å². The van der Waals surface area contributed by atoms with E-state index in [1.165, 1.54) is 24.8 Å². The van der Waals surface area contributed by atoms with Gasteiger partial charge in [-0.3, -0.25) is 9.69 Å². The SMILES string of the molecule is CC[C@@H](c1nnnn1CCc1ccccc1)N(Cc1cc2ccc(C)cc2[nH]c1=O)C1CCCCC1. The van der Waals surface area contributed by atoms with Gasteiger partial charge in [-0.2, -0.15) is 0 Å². The van der Waals surface area contributed by atoms with Gasteiger partial charge in [-0.05, 0) is 71.7 Å². The highest BCUT2D eigenvalue weighted by molar-refractivity contribution is 5.79. The van der Waals surface area contributed by atoms with Crippen molar-refractivity contribution in [1.82, 2.24) is 30.1 Å². The van der Waals surface area contributed by atoms with E-state index in [1.54, 1.807) is 0 Å². The van der Waals surface area contributed by atoms with E-state index in [1.807, 2.05) is 23.7 Å². The Balaban J connectivity index is 1.46. The Morgan fingerprint density at radius 3 is 2.67 bits per heavy atom. The molecular weight excluding hydrogens is 448 g/mol. The number of aryl methyl sites for hydroxylation is 3. The molecule has 1 aliphatic rings. The third-order valence-electron chi connectivity index (χ3n) is 7.57. The lowest BCUT2D eigenvalue weighted by Gasteiger charge is -2.39. The van der Waals surface area contributed by atoms with Crippen molar-refractivity contribution in [2.45, 2.75) is 84.0 Å². The summed E-state index contributed by atoms with van der Waals surface area (Å²) < 4.78 is 1.96. The van der Waals surface area contributed by atoms with E-state index in [2.05, 4.69) is 74.8 Å². The second kappa shape index (κ2) is 11.2. The molecule has 0 radical (unpaired) electrons. The first-order valence-corrected chi connectivity index (χ1v) is 13.3. The predicted octanol–water partition coefficient (Wildman–Crippen LogP) is 5.35. The van der Waals surface area contributed by atoms with Crippen molar-refractivity contribution in [1.29, 1.82) is 0 Å². The zero-order chi connectivity index (χ0) is 24.9. The van der Waals surface area contributed by atoms with E-state index in [-0.39, 0.29) is 11.6 Å². The van der Waals surface area contributed by atoms with E-state index >= 15 is 0 Å². The zero-order valence-corrected chi connectivity index (χ0v) is 21.4. The molecular formula is C29H36N6O. The van der Waals surface area contributed by atoms with Crippen LogP contribution in [0.2, 0.25) is 0 Å². The monoisotopic (exact) mass is 484 g/mol. The van der Waals surface area contributed by atoms with Crippen molar-refractivity contribution < 1.29 is 0 Å². The Morgan fingerprint density at radius 1 is 1.08 bits per heavy atom. The van der Waals surface area contributed by atoms with Crippen LogP contribution in [-0.4, -0.2) is 36.1 Å². The van der Waals surface area contributed by atoms with Gasteiger partial charge in [-0.15, -0.1) is 5.10 Å². The van der Waals surface area contributed by atoms with Gasteiger partial charge in [0.1, 0.15) is 0 Å².